The Morgan fingerprint density at radius 1 is 1.33 bits per heavy atom. The molecule has 2 rings (SSSR count). The highest BCUT2D eigenvalue weighted by atomic mass is 16.3. The van der Waals surface area contributed by atoms with Crippen molar-refractivity contribution in [2.24, 2.45) is 0 Å². The smallest absolute Gasteiger partial charge is 0.224 e. The van der Waals surface area contributed by atoms with Gasteiger partial charge in [-0.25, -0.2) is 0 Å². The topological polar surface area (TPSA) is 49.3 Å². The van der Waals surface area contributed by atoms with Gasteiger partial charge in [0.15, 0.2) is 0 Å². The van der Waals surface area contributed by atoms with Crippen molar-refractivity contribution in [1.82, 2.24) is 5.32 Å². The van der Waals surface area contributed by atoms with E-state index in [1.54, 1.807) is 0 Å². The molecule has 1 amide bonds. The number of carbonyl (C=O) groups excluding carboxylic acids is 1. The highest BCUT2D eigenvalue weighted by molar-refractivity contribution is 5.79. The van der Waals surface area contributed by atoms with Crippen LogP contribution in [0.5, 0.6) is 0 Å². The number of aliphatic hydroxyl groups excluding tert-OH is 1. The van der Waals surface area contributed by atoms with Crippen LogP contribution in [0.15, 0.2) is 30.3 Å². The zero-order valence-corrected chi connectivity index (χ0v) is 8.57. The standard InChI is InChI=1S/C12H15NO2/c14-9-12(6-7-12)13-11(15)8-10-4-2-1-3-5-10/h1-5,14H,6-9H2,(H,13,15). The lowest BCUT2D eigenvalue weighted by atomic mass is 10.1. The summed E-state index contributed by atoms with van der Waals surface area (Å²) < 4.78 is 0. The van der Waals surface area contributed by atoms with Crippen LogP contribution in [-0.2, 0) is 11.2 Å². The summed E-state index contributed by atoms with van der Waals surface area (Å²) in [6.07, 6.45) is 2.18. The van der Waals surface area contributed by atoms with Crippen molar-refractivity contribution in [2.45, 2.75) is 24.8 Å². The molecule has 1 aromatic rings. The van der Waals surface area contributed by atoms with Crippen molar-refractivity contribution < 1.29 is 9.90 Å². The molecular formula is C12H15NO2. The van der Waals surface area contributed by atoms with Crippen LogP contribution in [0.25, 0.3) is 0 Å². The van der Waals surface area contributed by atoms with E-state index in [-0.39, 0.29) is 18.1 Å². The Kier molecular flexibility index (Phi) is 2.73. The summed E-state index contributed by atoms with van der Waals surface area (Å²) in [7, 11) is 0. The van der Waals surface area contributed by atoms with Crippen LogP contribution in [0.2, 0.25) is 0 Å². The largest absolute Gasteiger partial charge is 0.394 e. The minimum absolute atomic E-state index is 0.00671. The molecule has 1 aliphatic carbocycles. The molecule has 0 heterocycles. The summed E-state index contributed by atoms with van der Waals surface area (Å²) in [5.74, 6) is -0.00671. The highest BCUT2D eigenvalue weighted by Gasteiger charge is 2.43. The molecular weight excluding hydrogens is 190 g/mol. The first kappa shape index (κ1) is 10.2. The Morgan fingerprint density at radius 2 is 2.00 bits per heavy atom. The number of nitrogens with one attached hydrogen (secondary N) is 1. The Balaban J connectivity index is 1.88. The lowest BCUT2D eigenvalue weighted by Gasteiger charge is -2.13. The second-order valence-electron chi connectivity index (χ2n) is 4.15. The van der Waals surface area contributed by atoms with Crippen molar-refractivity contribution >= 4 is 5.91 Å². The van der Waals surface area contributed by atoms with Gasteiger partial charge in [0.2, 0.25) is 5.91 Å². The lowest BCUT2D eigenvalue weighted by Crippen LogP contribution is -2.40. The Hall–Kier alpha value is -1.35. The Labute approximate surface area is 89.1 Å². The van der Waals surface area contributed by atoms with E-state index in [9.17, 15) is 4.79 Å². The Morgan fingerprint density at radius 3 is 2.53 bits per heavy atom. The van der Waals surface area contributed by atoms with Crippen molar-refractivity contribution in [2.75, 3.05) is 6.61 Å². The molecule has 0 atom stereocenters. The number of hydrogen-bond donors (Lipinski definition) is 2. The van der Waals surface area contributed by atoms with E-state index < -0.39 is 0 Å². The molecule has 1 aliphatic rings. The molecule has 0 spiro atoms. The molecule has 1 fully saturated rings. The van der Waals surface area contributed by atoms with Gasteiger partial charge in [-0.05, 0) is 18.4 Å². The van der Waals surface area contributed by atoms with Crippen LogP contribution in [-0.4, -0.2) is 23.2 Å². The third kappa shape index (κ3) is 2.57. The number of aliphatic hydroxyl groups is 1. The average Bonchev–Trinajstić information content (AvgIpc) is 3.00. The minimum Gasteiger partial charge on any atom is -0.394 e. The number of rotatable bonds is 4. The highest BCUT2D eigenvalue weighted by Crippen LogP contribution is 2.34. The molecule has 0 aliphatic heterocycles. The fourth-order valence-corrected chi connectivity index (χ4v) is 1.59. The molecule has 3 heteroatoms. The van der Waals surface area contributed by atoms with E-state index in [0.29, 0.717) is 6.42 Å². The summed E-state index contributed by atoms with van der Waals surface area (Å²) >= 11 is 0. The maximum absolute atomic E-state index is 11.6. The maximum atomic E-state index is 11.6. The first-order valence-corrected chi connectivity index (χ1v) is 5.20. The minimum atomic E-state index is -0.300. The third-order valence-electron chi connectivity index (χ3n) is 2.77. The summed E-state index contributed by atoms with van der Waals surface area (Å²) in [5.41, 5.74) is 0.704. The van der Waals surface area contributed by atoms with Crippen molar-refractivity contribution in [3.8, 4) is 0 Å². The first-order valence-electron chi connectivity index (χ1n) is 5.20. The summed E-state index contributed by atoms with van der Waals surface area (Å²) in [5, 5.41) is 11.9. The molecule has 1 saturated carbocycles. The van der Waals surface area contributed by atoms with Crippen LogP contribution >= 0.6 is 0 Å². The van der Waals surface area contributed by atoms with Gasteiger partial charge < -0.3 is 10.4 Å². The van der Waals surface area contributed by atoms with E-state index in [2.05, 4.69) is 5.32 Å². The summed E-state index contributed by atoms with van der Waals surface area (Å²) in [4.78, 5) is 11.6. The predicted octanol–water partition coefficient (Wildman–Crippen LogP) is 0.870. The zero-order valence-electron chi connectivity index (χ0n) is 8.57. The van der Waals surface area contributed by atoms with Crippen molar-refractivity contribution in [3.05, 3.63) is 35.9 Å². The zero-order chi connectivity index (χ0) is 10.7. The molecule has 0 aromatic heterocycles. The quantitative estimate of drug-likeness (QED) is 0.766. The second kappa shape index (κ2) is 4.03. The van der Waals surface area contributed by atoms with Gasteiger partial charge in [-0.1, -0.05) is 30.3 Å². The lowest BCUT2D eigenvalue weighted by molar-refractivity contribution is -0.121. The SMILES string of the molecule is O=C(Cc1ccccc1)NC1(CO)CC1. The van der Waals surface area contributed by atoms with Crippen LogP contribution in [0, 0.1) is 0 Å². The van der Waals surface area contributed by atoms with Crippen LogP contribution in [0.1, 0.15) is 18.4 Å². The van der Waals surface area contributed by atoms with Crippen LogP contribution in [0.3, 0.4) is 0 Å². The molecule has 2 N–H and O–H groups in total. The second-order valence-corrected chi connectivity index (χ2v) is 4.15. The fraction of sp³-hybridized carbons (Fsp3) is 0.417. The molecule has 0 radical (unpaired) electrons. The summed E-state index contributed by atoms with van der Waals surface area (Å²) in [6.45, 7) is 0.0491. The Bertz CT molecular complexity index is 344. The van der Waals surface area contributed by atoms with Gasteiger partial charge in [0.25, 0.3) is 0 Å². The maximum Gasteiger partial charge on any atom is 0.224 e. The van der Waals surface area contributed by atoms with E-state index in [4.69, 9.17) is 5.11 Å². The van der Waals surface area contributed by atoms with Gasteiger partial charge >= 0.3 is 0 Å². The van der Waals surface area contributed by atoms with Crippen LogP contribution in [0.4, 0.5) is 0 Å². The number of benzene rings is 1. The van der Waals surface area contributed by atoms with E-state index in [1.807, 2.05) is 30.3 Å². The normalized spacial score (nSPS) is 17.1. The van der Waals surface area contributed by atoms with Gasteiger partial charge in [-0.3, -0.25) is 4.79 Å². The number of carbonyl (C=O) groups is 1. The fourth-order valence-electron chi connectivity index (χ4n) is 1.59. The monoisotopic (exact) mass is 205 g/mol. The summed E-state index contributed by atoms with van der Waals surface area (Å²) in [6, 6.07) is 9.62. The van der Waals surface area contributed by atoms with Gasteiger partial charge in [-0.15, -0.1) is 0 Å². The predicted molar refractivity (Wildman–Crippen MR) is 57.3 cm³/mol. The van der Waals surface area contributed by atoms with Crippen molar-refractivity contribution in [1.29, 1.82) is 0 Å². The number of amides is 1. The van der Waals surface area contributed by atoms with Gasteiger partial charge in [-0.2, -0.15) is 0 Å². The first-order chi connectivity index (χ1) is 7.24. The van der Waals surface area contributed by atoms with Crippen LogP contribution < -0.4 is 5.32 Å². The number of hydrogen-bond acceptors (Lipinski definition) is 2. The average molecular weight is 205 g/mol. The molecule has 0 saturated heterocycles. The van der Waals surface area contributed by atoms with Gasteiger partial charge in [0, 0.05) is 0 Å². The molecule has 3 nitrogen and oxygen atoms in total. The molecule has 1 aromatic carbocycles. The van der Waals surface area contributed by atoms with E-state index >= 15 is 0 Å². The molecule has 15 heavy (non-hydrogen) atoms. The molecule has 0 bridgehead atoms. The third-order valence-corrected chi connectivity index (χ3v) is 2.77. The van der Waals surface area contributed by atoms with E-state index in [0.717, 1.165) is 18.4 Å². The molecule has 0 unspecified atom stereocenters. The van der Waals surface area contributed by atoms with Gasteiger partial charge in [0.05, 0.1) is 18.6 Å². The van der Waals surface area contributed by atoms with Crippen molar-refractivity contribution in [3.63, 3.8) is 0 Å². The van der Waals surface area contributed by atoms with Gasteiger partial charge in [0.1, 0.15) is 0 Å². The molecule has 80 valence electrons. The van der Waals surface area contributed by atoms with E-state index in [1.165, 1.54) is 0 Å².